The van der Waals surface area contributed by atoms with Crippen molar-refractivity contribution in [3.8, 4) is 6.07 Å². The Morgan fingerprint density at radius 2 is 1.96 bits per heavy atom. The Hall–Kier alpha value is -3.17. The van der Waals surface area contributed by atoms with E-state index in [9.17, 15) is 20.2 Å². The van der Waals surface area contributed by atoms with Crippen LogP contribution in [-0.2, 0) is 4.79 Å². The summed E-state index contributed by atoms with van der Waals surface area (Å²) < 4.78 is 0. The second-order valence-corrected chi connectivity index (χ2v) is 5.37. The van der Waals surface area contributed by atoms with Gasteiger partial charge in [-0.25, -0.2) is 0 Å². The molecule has 0 spiro atoms. The quantitative estimate of drug-likeness (QED) is 0.392. The van der Waals surface area contributed by atoms with Crippen LogP contribution in [0, 0.1) is 28.4 Å². The Balaban J connectivity index is 2.27. The number of halogens is 1. The first kappa shape index (κ1) is 17.2. The van der Waals surface area contributed by atoms with E-state index in [1.165, 1.54) is 24.3 Å². The second kappa shape index (κ2) is 7.40. The van der Waals surface area contributed by atoms with Crippen molar-refractivity contribution in [1.82, 2.24) is 0 Å². The smallest absolute Gasteiger partial charge is 0.288 e. The van der Waals surface area contributed by atoms with Gasteiger partial charge in [-0.2, -0.15) is 5.26 Å². The lowest BCUT2D eigenvalue weighted by Gasteiger charge is -2.05. The molecule has 0 heterocycles. The maximum atomic E-state index is 12.2. The number of nitriles is 1. The lowest BCUT2D eigenvalue weighted by molar-refractivity contribution is -0.384. The minimum Gasteiger partial charge on any atom is -0.321 e. The summed E-state index contributed by atoms with van der Waals surface area (Å²) in [5.41, 5.74) is 1.46. The Morgan fingerprint density at radius 1 is 1.29 bits per heavy atom. The molecule has 0 aliphatic carbocycles. The van der Waals surface area contributed by atoms with Crippen LogP contribution >= 0.6 is 11.6 Å². The molecule has 7 heteroatoms. The lowest BCUT2D eigenvalue weighted by Crippen LogP contribution is -2.13. The minimum absolute atomic E-state index is 0.0141. The SMILES string of the molecule is Cc1ccc(NC(=O)/C(C#N)=C\c2ccc(Cl)c([N+](=O)[O-])c2)cc1. The van der Waals surface area contributed by atoms with Gasteiger partial charge in [0.1, 0.15) is 16.7 Å². The first-order chi connectivity index (χ1) is 11.4. The molecule has 0 saturated carbocycles. The molecule has 1 amide bonds. The van der Waals surface area contributed by atoms with Crippen LogP contribution in [0.2, 0.25) is 5.02 Å². The summed E-state index contributed by atoms with van der Waals surface area (Å²) in [7, 11) is 0. The van der Waals surface area contributed by atoms with Crippen molar-refractivity contribution in [2.24, 2.45) is 0 Å². The number of hydrogen-bond acceptors (Lipinski definition) is 4. The number of hydrogen-bond donors (Lipinski definition) is 1. The number of benzene rings is 2. The van der Waals surface area contributed by atoms with Crippen molar-refractivity contribution in [2.45, 2.75) is 6.92 Å². The van der Waals surface area contributed by atoms with Gasteiger partial charge in [0.25, 0.3) is 11.6 Å². The van der Waals surface area contributed by atoms with Crippen LogP contribution in [0.25, 0.3) is 6.08 Å². The van der Waals surface area contributed by atoms with Gasteiger partial charge in [-0.3, -0.25) is 14.9 Å². The van der Waals surface area contributed by atoms with Gasteiger partial charge in [0.05, 0.1) is 4.92 Å². The van der Waals surface area contributed by atoms with E-state index in [2.05, 4.69) is 5.32 Å². The summed E-state index contributed by atoms with van der Waals surface area (Å²) in [5, 5.41) is 22.6. The van der Waals surface area contributed by atoms with Gasteiger partial charge < -0.3 is 5.32 Å². The third-order valence-electron chi connectivity index (χ3n) is 3.15. The second-order valence-electron chi connectivity index (χ2n) is 4.96. The third kappa shape index (κ3) is 4.18. The van der Waals surface area contributed by atoms with Crippen LogP contribution in [0.15, 0.2) is 48.0 Å². The van der Waals surface area contributed by atoms with Gasteiger partial charge in [-0.15, -0.1) is 0 Å². The van der Waals surface area contributed by atoms with Crippen molar-refractivity contribution in [1.29, 1.82) is 5.26 Å². The first-order valence-corrected chi connectivity index (χ1v) is 7.22. The molecule has 0 fully saturated rings. The van der Waals surface area contributed by atoms with Crippen molar-refractivity contribution in [3.63, 3.8) is 0 Å². The summed E-state index contributed by atoms with van der Waals surface area (Å²) in [4.78, 5) is 22.4. The van der Waals surface area contributed by atoms with Crippen LogP contribution in [0.5, 0.6) is 0 Å². The largest absolute Gasteiger partial charge is 0.321 e. The van der Waals surface area contributed by atoms with Crippen LogP contribution in [0.1, 0.15) is 11.1 Å². The number of carbonyl (C=O) groups excluding carboxylic acids is 1. The molecular weight excluding hydrogens is 330 g/mol. The molecular formula is C17H12ClN3O3. The molecule has 0 radical (unpaired) electrons. The fourth-order valence-corrected chi connectivity index (χ4v) is 2.10. The number of rotatable bonds is 4. The number of aryl methyl sites for hydroxylation is 1. The van der Waals surface area contributed by atoms with Crippen LogP contribution < -0.4 is 5.32 Å². The van der Waals surface area contributed by atoms with Crippen LogP contribution in [0.4, 0.5) is 11.4 Å². The molecule has 0 aliphatic heterocycles. The van der Waals surface area contributed by atoms with Crippen molar-refractivity contribution < 1.29 is 9.72 Å². The molecule has 0 saturated heterocycles. The van der Waals surface area contributed by atoms with E-state index < -0.39 is 10.8 Å². The number of nitrogens with one attached hydrogen (secondary N) is 1. The maximum Gasteiger partial charge on any atom is 0.288 e. The number of nitro groups is 1. The average molecular weight is 342 g/mol. The maximum absolute atomic E-state index is 12.2. The Morgan fingerprint density at radius 3 is 2.54 bits per heavy atom. The number of carbonyl (C=O) groups is 1. The topological polar surface area (TPSA) is 96.0 Å². The summed E-state index contributed by atoms with van der Waals surface area (Å²) in [5.74, 6) is -0.598. The van der Waals surface area contributed by atoms with Crippen LogP contribution in [0.3, 0.4) is 0 Å². The van der Waals surface area contributed by atoms with Crippen molar-refractivity contribution >= 4 is 35.0 Å². The summed E-state index contributed by atoms with van der Waals surface area (Å²) in [6, 6.07) is 12.9. The third-order valence-corrected chi connectivity index (χ3v) is 3.47. The fraction of sp³-hybridized carbons (Fsp3) is 0.0588. The molecule has 0 aliphatic rings. The molecule has 6 nitrogen and oxygen atoms in total. The highest BCUT2D eigenvalue weighted by Gasteiger charge is 2.14. The monoisotopic (exact) mass is 341 g/mol. The summed E-state index contributed by atoms with van der Waals surface area (Å²) in [6.45, 7) is 1.92. The fourth-order valence-electron chi connectivity index (χ4n) is 1.91. The standard InChI is InChI=1S/C17H12ClN3O3/c1-11-2-5-14(6-3-11)20-17(22)13(10-19)8-12-4-7-15(18)16(9-12)21(23)24/h2-9H,1H3,(H,20,22)/b13-8-. The van der Waals surface area contributed by atoms with Crippen molar-refractivity contribution in [3.05, 3.63) is 74.3 Å². The zero-order valence-electron chi connectivity index (χ0n) is 12.6. The normalized spacial score (nSPS) is 10.8. The Labute approximate surface area is 143 Å². The van der Waals surface area contributed by atoms with Gasteiger partial charge in [-0.05, 0) is 36.8 Å². The zero-order valence-corrected chi connectivity index (χ0v) is 13.4. The molecule has 1 N–H and O–H groups in total. The molecule has 0 bridgehead atoms. The minimum atomic E-state index is -0.627. The molecule has 2 aromatic carbocycles. The van der Waals surface area contributed by atoms with E-state index in [0.717, 1.165) is 5.56 Å². The van der Waals surface area contributed by atoms with Crippen molar-refractivity contribution in [2.75, 3.05) is 5.32 Å². The average Bonchev–Trinajstić information content (AvgIpc) is 2.55. The van der Waals surface area contributed by atoms with Gasteiger partial charge in [0.2, 0.25) is 0 Å². The van der Waals surface area contributed by atoms with E-state index >= 15 is 0 Å². The van der Waals surface area contributed by atoms with Gasteiger partial charge in [0, 0.05) is 11.8 Å². The molecule has 2 rings (SSSR count). The summed E-state index contributed by atoms with van der Waals surface area (Å²) in [6.07, 6.45) is 1.27. The van der Waals surface area contributed by atoms with Gasteiger partial charge in [-0.1, -0.05) is 35.4 Å². The Bertz CT molecular complexity index is 868. The Kier molecular flexibility index (Phi) is 5.30. The first-order valence-electron chi connectivity index (χ1n) is 6.84. The molecule has 0 atom stereocenters. The number of amides is 1. The van der Waals surface area contributed by atoms with E-state index in [4.69, 9.17) is 11.6 Å². The molecule has 120 valence electrons. The van der Waals surface area contributed by atoms with E-state index in [1.807, 2.05) is 19.1 Å². The number of anilines is 1. The van der Waals surface area contributed by atoms with E-state index in [-0.39, 0.29) is 16.3 Å². The molecule has 2 aromatic rings. The molecule has 0 unspecified atom stereocenters. The molecule has 24 heavy (non-hydrogen) atoms. The van der Waals surface area contributed by atoms with E-state index in [1.54, 1.807) is 18.2 Å². The highest BCUT2D eigenvalue weighted by Crippen LogP contribution is 2.26. The van der Waals surface area contributed by atoms with Gasteiger partial charge in [0.15, 0.2) is 0 Å². The van der Waals surface area contributed by atoms with Crippen LogP contribution in [-0.4, -0.2) is 10.8 Å². The highest BCUT2D eigenvalue weighted by molar-refractivity contribution is 6.32. The predicted octanol–water partition coefficient (Wildman–Crippen LogP) is 4.10. The van der Waals surface area contributed by atoms with E-state index in [0.29, 0.717) is 11.3 Å². The lowest BCUT2D eigenvalue weighted by atomic mass is 10.1. The van der Waals surface area contributed by atoms with Gasteiger partial charge >= 0.3 is 0 Å². The molecule has 0 aromatic heterocycles. The number of nitrogens with zero attached hydrogens (tertiary/aromatic N) is 2. The predicted molar refractivity (Wildman–Crippen MR) is 91.5 cm³/mol. The highest BCUT2D eigenvalue weighted by atomic mass is 35.5. The zero-order chi connectivity index (χ0) is 17.7. The summed E-state index contributed by atoms with van der Waals surface area (Å²) >= 11 is 5.74. The number of nitro benzene ring substituents is 1.